The summed E-state index contributed by atoms with van der Waals surface area (Å²) in [7, 11) is 6.39. The maximum atomic E-state index is 11.6. The number of methoxy groups -OCH3 is 4. The first kappa shape index (κ1) is 26.3. The van der Waals surface area contributed by atoms with Crippen molar-refractivity contribution >= 4 is 21.5 Å². The van der Waals surface area contributed by atoms with Crippen molar-refractivity contribution in [1.29, 1.82) is 0 Å². The minimum Gasteiger partial charge on any atom is -0.507 e. The number of hydrogen-bond acceptors (Lipinski definition) is 8. The molecular formula is C32H34O8. The normalized spacial score (nSPS) is 18.4. The van der Waals surface area contributed by atoms with Crippen LogP contribution in [0.25, 0.3) is 32.7 Å². The Balaban J connectivity index is 1.90. The summed E-state index contributed by atoms with van der Waals surface area (Å²) in [5, 5.41) is 26.0. The summed E-state index contributed by atoms with van der Waals surface area (Å²) in [6.07, 6.45) is 1.08. The van der Waals surface area contributed by atoms with Crippen LogP contribution in [0.1, 0.15) is 36.1 Å². The quantitative estimate of drug-likeness (QED) is 0.313. The van der Waals surface area contributed by atoms with Gasteiger partial charge in [-0.25, -0.2) is 0 Å². The Morgan fingerprint density at radius 3 is 1.35 bits per heavy atom. The number of benzene rings is 4. The SMILES string of the molecule is COc1cc(OC)c2c(O)c3c(c(-c4c5c(c(O)c6c(OC)cc(OC)cc46)CO[C@H](C)C5)c2c1)C[C@@H](C)OC3. The second-order valence-corrected chi connectivity index (χ2v) is 10.5. The Bertz CT molecular complexity index is 1530. The largest absolute Gasteiger partial charge is 0.507 e. The lowest BCUT2D eigenvalue weighted by molar-refractivity contribution is 0.0393. The monoisotopic (exact) mass is 546 g/mol. The maximum Gasteiger partial charge on any atom is 0.134 e. The number of aromatic hydroxyl groups is 2. The van der Waals surface area contributed by atoms with Gasteiger partial charge in [-0.1, -0.05) is 0 Å². The summed E-state index contributed by atoms with van der Waals surface area (Å²) >= 11 is 0. The molecule has 0 fully saturated rings. The van der Waals surface area contributed by atoms with Crippen molar-refractivity contribution in [2.24, 2.45) is 0 Å². The number of phenolic OH excluding ortho intramolecular Hbond substituents is 2. The standard InChI is InChI=1S/C32H34O8/c1-15-7-19-23(13-39-15)31(33)29-21(9-17(35-3)11-25(29)37-5)27(19)28-20-8-16(2)40-14-24(20)32(34)30-22(28)10-18(36-4)12-26(30)38-6/h9-12,15-16,33-34H,7-8,13-14H2,1-6H3/t15-,16-/m1/s1. The van der Waals surface area contributed by atoms with Gasteiger partial charge in [-0.05, 0) is 61.1 Å². The van der Waals surface area contributed by atoms with Gasteiger partial charge in [0.1, 0.15) is 34.5 Å². The minimum atomic E-state index is -0.0545. The van der Waals surface area contributed by atoms with Gasteiger partial charge in [0.25, 0.3) is 0 Å². The van der Waals surface area contributed by atoms with Crippen molar-refractivity contribution in [1.82, 2.24) is 0 Å². The molecule has 2 atom stereocenters. The Hall–Kier alpha value is -3.88. The van der Waals surface area contributed by atoms with Gasteiger partial charge in [0.05, 0.1) is 64.6 Å². The van der Waals surface area contributed by atoms with Crippen molar-refractivity contribution in [3.05, 3.63) is 46.5 Å². The van der Waals surface area contributed by atoms with Crippen molar-refractivity contribution in [3.8, 4) is 45.6 Å². The third-order valence-electron chi connectivity index (χ3n) is 8.24. The predicted molar refractivity (Wildman–Crippen MR) is 152 cm³/mol. The first-order valence-electron chi connectivity index (χ1n) is 13.4. The van der Waals surface area contributed by atoms with E-state index in [0.717, 1.165) is 44.2 Å². The molecule has 0 saturated heterocycles. The van der Waals surface area contributed by atoms with Crippen LogP contribution < -0.4 is 18.9 Å². The van der Waals surface area contributed by atoms with Gasteiger partial charge in [0, 0.05) is 34.0 Å². The van der Waals surface area contributed by atoms with Crippen LogP contribution in [0.3, 0.4) is 0 Å². The molecule has 0 amide bonds. The van der Waals surface area contributed by atoms with Gasteiger partial charge in [-0.3, -0.25) is 0 Å². The van der Waals surface area contributed by atoms with Crippen LogP contribution in [0.15, 0.2) is 24.3 Å². The summed E-state index contributed by atoms with van der Waals surface area (Å²) in [4.78, 5) is 0. The van der Waals surface area contributed by atoms with Crippen molar-refractivity contribution in [2.45, 2.75) is 52.1 Å². The molecule has 0 bridgehead atoms. The number of phenols is 2. The second-order valence-electron chi connectivity index (χ2n) is 10.5. The average molecular weight is 547 g/mol. The van der Waals surface area contributed by atoms with Crippen molar-refractivity contribution in [3.63, 3.8) is 0 Å². The summed E-state index contributed by atoms with van der Waals surface area (Å²) in [5.41, 5.74) is 5.34. The molecule has 0 unspecified atom stereocenters. The van der Waals surface area contributed by atoms with Crippen LogP contribution in [0.5, 0.6) is 34.5 Å². The number of rotatable bonds is 5. The molecule has 8 nitrogen and oxygen atoms in total. The number of ether oxygens (including phenoxy) is 6. The summed E-state index contributed by atoms with van der Waals surface area (Å²) < 4.78 is 35.0. The Morgan fingerprint density at radius 2 is 1.00 bits per heavy atom. The molecular weight excluding hydrogens is 512 g/mol. The Morgan fingerprint density at radius 1 is 0.600 bits per heavy atom. The lowest BCUT2D eigenvalue weighted by Crippen LogP contribution is -2.22. The van der Waals surface area contributed by atoms with Crippen molar-refractivity contribution in [2.75, 3.05) is 28.4 Å². The summed E-state index contributed by atoms with van der Waals surface area (Å²) in [6, 6.07) is 7.44. The first-order valence-corrected chi connectivity index (χ1v) is 13.4. The molecule has 4 aromatic rings. The highest BCUT2D eigenvalue weighted by Crippen LogP contribution is 2.54. The molecule has 210 valence electrons. The van der Waals surface area contributed by atoms with Gasteiger partial charge < -0.3 is 38.6 Å². The van der Waals surface area contributed by atoms with Gasteiger partial charge in [0.15, 0.2) is 0 Å². The molecule has 8 heteroatoms. The first-order chi connectivity index (χ1) is 19.3. The lowest BCUT2D eigenvalue weighted by atomic mass is 9.79. The average Bonchev–Trinajstić information content (AvgIpc) is 2.96. The highest BCUT2D eigenvalue weighted by Gasteiger charge is 2.33. The predicted octanol–water partition coefficient (Wildman–Crippen LogP) is 6.03. The van der Waals surface area contributed by atoms with E-state index in [9.17, 15) is 10.2 Å². The summed E-state index contributed by atoms with van der Waals surface area (Å²) in [6.45, 7) is 4.61. The molecule has 4 aromatic carbocycles. The zero-order valence-corrected chi connectivity index (χ0v) is 23.6. The molecule has 40 heavy (non-hydrogen) atoms. The van der Waals surface area contributed by atoms with E-state index < -0.39 is 0 Å². The number of hydrogen-bond donors (Lipinski definition) is 2. The van der Waals surface area contributed by atoms with Gasteiger partial charge in [0.2, 0.25) is 0 Å². The fourth-order valence-corrected chi connectivity index (χ4v) is 6.31. The third kappa shape index (κ3) is 3.89. The second kappa shape index (κ2) is 9.94. The van der Waals surface area contributed by atoms with Crippen LogP contribution in [0.2, 0.25) is 0 Å². The van der Waals surface area contributed by atoms with Crippen LogP contribution in [0.4, 0.5) is 0 Å². The van der Waals surface area contributed by atoms with E-state index in [1.165, 1.54) is 0 Å². The van der Waals surface area contributed by atoms with Gasteiger partial charge in [-0.15, -0.1) is 0 Å². The van der Waals surface area contributed by atoms with Crippen LogP contribution >= 0.6 is 0 Å². The molecule has 6 rings (SSSR count). The van der Waals surface area contributed by atoms with E-state index in [1.54, 1.807) is 40.6 Å². The van der Waals surface area contributed by atoms with E-state index in [-0.39, 0.29) is 36.9 Å². The van der Waals surface area contributed by atoms with Crippen molar-refractivity contribution < 1.29 is 38.6 Å². The molecule has 2 heterocycles. The highest BCUT2D eigenvalue weighted by molar-refractivity contribution is 6.15. The topological polar surface area (TPSA) is 95.8 Å². The summed E-state index contributed by atoms with van der Waals surface area (Å²) in [5.74, 6) is 2.49. The van der Waals surface area contributed by atoms with E-state index in [4.69, 9.17) is 28.4 Å². The van der Waals surface area contributed by atoms with E-state index >= 15 is 0 Å². The molecule has 2 aliphatic rings. The van der Waals surface area contributed by atoms with E-state index in [2.05, 4.69) is 0 Å². The fourth-order valence-electron chi connectivity index (χ4n) is 6.31. The highest BCUT2D eigenvalue weighted by atomic mass is 16.5. The minimum absolute atomic E-state index is 0.0545. The zero-order valence-electron chi connectivity index (χ0n) is 23.6. The molecule has 0 spiro atoms. The third-order valence-corrected chi connectivity index (χ3v) is 8.24. The van der Waals surface area contributed by atoms with E-state index in [0.29, 0.717) is 46.6 Å². The van der Waals surface area contributed by atoms with Crippen LogP contribution in [-0.2, 0) is 35.5 Å². The molecule has 0 radical (unpaired) electrons. The molecule has 0 saturated carbocycles. The molecule has 0 aromatic heterocycles. The fraction of sp³-hybridized carbons (Fsp3) is 0.375. The maximum absolute atomic E-state index is 11.6. The van der Waals surface area contributed by atoms with Gasteiger partial charge in [-0.2, -0.15) is 0 Å². The zero-order chi connectivity index (χ0) is 28.3. The van der Waals surface area contributed by atoms with E-state index in [1.807, 2.05) is 26.0 Å². The molecule has 2 aliphatic heterocycles. The lowest BCUT2D eigenvalue weighted by Gasteiger charge is -2.32. The molecule has 0 aliphatic carbocycles. The number of fused-ring (bicyclic) bond motifs is 4. The van der Waals surface area contributed by atoms with Crippen LogP contribution in [-0.4, -0.2) is 50.9 Å². The van der Waals surface area contributed by atoms with Gasteiger partial charge >= 0.3 is 0 Å². The Labute approximate surface area is 232 Å². The smallest absolute Gasteiger partial charge is 0.134 e. The molecule has 2 N–H and O–H groups in total. The Kier molecular flexibility index (Phi) is 6.55. The van der Waals surface area contributed by atoms with Crippen LogP contribution in [0, 0.1) is 0 Å².